The molecule has 2 N–H and O–H groups in total. The summed E-state index contributed by atoms with van der Waals surface area (Å²) in [6.07, 6.45) is 4.53. The second-order valence-corrected chi connectivity index (χ2v) is 6.25. The number of nitrogens with zero attached hydrogens (tertiary/aromatic N) is 1. The zero-order valence-corrected chi connectivity index (χ0v) is 13.9. The van der Waals surface area contributed by atoms with Crippen molar-refractivity contribution in [3.8, 4) is 0 Å². The fraction of sp³-hybridized carbons (Fsp3) is 0.647. The first-order valence-corrected chi connectivity index (χ1v) is 8.42. The van der Waals surface area contributed by atoms with E-state index >= 15 is 0 Å². The lowest BCUT2D eigenvalue weighted by Gasteiger charge is -2.35. The number of halogens is 1. The number of piperidine rings is 1. The summed E-state index contributed by atoms with van der Waals surface area (Å²) in [4.78, 5) is 2.41. The average Bonchev–Trinajstić information content (AvgIpc) is 2.49. The fourth-order valence-corrected chi connectivity index (χ4v) is 3.13. The molecular formula is C17H27ClN2O. The molecule has 0 bridgehead atoms. The highest BCUT2D eigenvalue weighted by Crippen LogP contribution is 2.29. The van der Waals surface area contributed by atoms with E-state index in [2.05, 4.69) is 30.9 Å². The summed E-state index contributed by atoms with van der Waals surface area (Å²) in [7, 11) is 0. The summed E-state index contributed by atoms with van der Waals surface area (Å²) >= 11 is 6.21. The van der Waals surface area contributed by atoms with Crippen LogP contribution in [0.2, 0.25) is 5.02 Å². The highest BCUT2D eigenvalue weighted by molar-refractivity contribution is 6.30. The van der Waals surface area contributed by atoms with E-state index in [0.717, 1.165) is 50.4 Å². The molecule has 0 amide bonds. The largest absolute Gasteiger partial charge is 0.377 e. The van der Waals surface area contributed by atoms with Crippen molar-refractivity contribution in [2.45, 2.75) is 51.7 Å². The highest BCUT2D eigenvalue weighted by atomic mass is 35.5. The Morgan fingerprint density at radius 3 is 2.95 bits per heavy atom. The van der Waals surface area contributed by atoms with Crippen LogP contribution >= 0.6 is 11.6 Å². The van der Waals surface area contributed by atoms with Crippen molar-refractivity contribution in [1.29, 1.82) is 0 Å². The van der Waals surface area contributed by atoms with E-state index in [1.165, 1.54) is 11.3 Å². The SMILES string of the molecule is CCOC1CCCN(c2cc(Cl)ccc2CC(N)CC)C1. The van der Waals surface area contributed by atoms with Gasteiger partial charge in [-0.05, 0) is 50.3 Å². The van der Waals surface area contributed by atoms with E-state index in [9.17, 15) is 0 Å². The third-order valence-corrected chi connectivity index (χ3v) is 4.41. The Balaban J connectivity index is 2.18. The number of ether oxygens (including phenoxy) is 1. The van der Waals surface area contributed by atoms with Gasteiger partial charge in [-0.3, -0.25) is 0 Å². The molecule has 118 valence electrons. The number of hydrogen-bond acceptors (Lipinski definition) is 3. The Morgan fingerprint density at radius 1 is 1.43 bits per heavy atom. The van der Waals surface area contributed by atoms with Gasteiger partial charge in [-0.2, -0.15) is 0 Å². The zero-order chi connectivity index (χ0) is 15.2. The predicted molar refractivity (Wildman–Crippen MR) is 90.3 cm³/mol. The molecule has 2 unspecified atom stereocenters. The maximum Gasteiger partial charge on any atom is 0.0750 e. The summed E-state index contributed by atoms with van der Waals surface area (Å²) in [5.41, 5.74) is 8.67. The molecule has 4 heteroatoms. The Kier molecular flexibility index (Phi) is 6.34. The van der Waals surface area contributed by atoms with Crippen molar-refractivity contribution in [3.63, 3.8) is 0 Å². The van der Waals surface area contributed by atoms with Gasteiger partial charge < -0.3 is 15.4 Å². The number of benzene rings is 1. The van der Waals surface area contributed by atoms with Crippen molar-refractivity contribution in [3.05, 3.63) is 28.8 Å². The highest BCUT2D eigenvalue weighted by Gasteiger charge is 2.22. The zero-order valence-electron chi connectivity index (χ0n) is 13.1. The van der Waals surface area contributed by atoms with Crippen molar-refractivity contribution in [1.82, 2.24) is 0 Å². The standard InChI is InChI=1S/C17H27ClN2O/c1-3-15(19)10-13-7-8-14(18)11-17(13)20-9-5-6-16(12-20)21-4-2/h7-8,11,15-16H,3-6,9-10,12,19H2,1-2H3. The van der Waals surface area contributed by atoms with Crippen molar-refractivity contribution < 1.29 is 4.74 Å². The van der Waals surface area contributed by atoms with E-state index in [-0.39, 0.29) is 6.04 Å². The van der Waals surface area contributed by atoms with Crippen molar-refractivity contribution in [2.75, 3.05) is 24.6 Å². The second-order valence-electron chi connectivity index (χ2n) is 5.81. The van der Waals surface area contributed by atoms with Gasteiger partial charge in [0.15, 0.2) is 0 Å². The molecular weight excluding hydrogens is 284 g/mol. The van der Waals surface area contributed by atoms with E-state index in [1.54, 1.807) is 0 Å². The van der Waals surface area contributed by atoms with E-state index in [4.69, 9.17) is 22.1 Å². The molecule has 0 radical (unpaired) electrons. The van der Waals surface area contributed by atoms with Crippen LogP contribution in [0.1, 0.15) is 38.7 Å². The molecule has 1 aliphatic heterocycles. The Bertz CT molecular complexity index is 450. The molecule has 0 aromatic heterocycles. The van der Waals surface area contributed by atoms with Gasteiger partial charge in [0.25, 0.3) is 0 Å². The number of anilines is 1. The summed E-state index contributed by atoms with van der Waals surface area (Å²) in [6, 6.07) is 6.37. The monoisotopic (exact) mass is 310 g/mol. The van der Waals surface area contributed by atoms with Gasteiger partial charge >= 0.3 is 0 Å². The molecule has 1 aromatic rings. The molecule has 1 aliphatic rings. The third kappa shape index (κ3) is 4.60. The molecule has 1 fully saturated rings. The van der Waals surface area contributed by atoms with Crippen molar-refractivity contribution >= 4 is 17.3 Å². The van der Waals surface area contributed by atoms with Gasteiger partial charge in [-0.15, -0.1) is 0 Å². The minimum Gasteiger partial charge on any atom is -0.377 e. The Morgan fingerprint density at radius 2 is 2.24 bits per heavy atom. The van der Waals surface area contributed by atoms with Crippen LogP contribution in [0.4, 0.5) is 5.69 Å². The maximum atomic E-state index is 6.21. The Labute approximate surface area is 133 Å². The molecule has 1 aromatic carbocycles. The third-order valence-electron chi connectivity index (χ3n) is 4.18. The first-order chi connectivity index (χ1) is 10.1. The Hall–Kier alpha value is -0.770. The molecule has 21 heavy (non-hydrogen) atoms. The molecule has 2 atom stereocenters. The van der Waals surface area contributed by atoms with Crippen LogP contribution in [0.15, 0.2) is 18.2 Å². The van der Waals surface area contributed by atoms with Crippen LogP contribution in [-0.4, -0.2) is 31.8 Å². The van der Waals surface area contributed by atoms with Gasteiger partial charge in [0.05, 0.1) is 6.10 Å². The minimum atomic E-state index is 0.206. The van der Waals surface area contributed by atoms with Crippen molar-refractivity contribution in [2.24, 2.45) is 5.73 Å². The van der Waals surface area contributed by atoms with Crippen LogP contribution in [0.5, 0.6) is 0 Å². The lowest BCUT2D eigenvalue weighted by Crippen LogP contribution is -2.40. The quantitative estimate of drug-likeness (QED) is 0.872. The minimum absolute atomic E-state index is 0.206. The molecule has 2 rings (SSSR count). The average molecular weight is 311 g/mol. The topological polar surface area (TPSA) is 38.5 Å². The van der Waals surface area contributed by atoms with Crippen LogP contribution in [0.3, 0.4) is 0 Å². The number of hydrogen-bond donors (Lipinski definition) is 1. The summed E-state index contributed by atoms with van der Waals surface area (Å²) in [5.74, 6) is 0. The second kappa shape index (κ2) is 8.02. The molecule has 1 saturated heterocycles. The van der Waals surface area contributed by atoms with E-state index in [0.29, 0.717) is 6.10 Å². The maximum absolute atomic E-state index is 6.21. The summed E-state index contributed by atoms with van der Waals surface area (Å²) < 4.78 is 5.81. The fourth-order valence-electron chi connectivity index (χ4n) is 2.96. The normalized spacial score (nSPS) is 20.6. The smallest absolute Gasteiger partial charge is 0.0750 e. The first-order valence-electron chi connectivity index (χ1n) is 8.04. The molecule has 1 heterocycles. The number of rotatable bonds is 6. The first kappa shape index (κ1) is 16.6. The van der Waals surface area contributed by atoms with Crippen LogP contribution in [-0.2, 0) is 11.2 Å². The molecule has 3 nitrogen and oxygen atoms in total. The van der Waals surface area contributed by atoms with Gasteiger partial charge in [-0.1, -0.05) is 24.6 Å². The molecule has 0 aliphatic carbocycles. The molecule has 0 saturated carbocycles. The molecule has 0 spiro atoms. The summed E-state index contributed by atoms with van der Waals surface area (Å²) in [6.45, 7) is 6.98. The van der Waals surface area contributed by atoms with E-state index in [1.807, 2.05) is 6.07 Å². The van der Waals surface area contributed by atoms with E-state index < -0.39 is 0 Å². The summed E-state index contributed by atoms with van der Waals surface area (Å²) in [5, 5.41) is 0.789. The number of nitrogens with two attached hydrogens (primary N) is 1. The van der Waals surface area contributed by atoms with Gasteiger partial charge in [0.1, 0.15) is 0 Å². The lowest BCUT2D eigenvalue weighted by molar-refractivity contribution is 0.0526. The van der Waals surface area contributed by atoms with Gasteiger partial charge in [-0.25, -0.2) is 0 Å². The van der Waals surface area contributed by atoms with Gasteiger partial charge in [0, 0.05) is 36.4 Å². The van der Waals surface area contributed by atoms with Crippen LogP contribution < -0.4 is 10.6 Å². The lowest BCUT2D eigenvalue weighted by atomic mass is 10.00. The van der Waals surface area contributed by atoms with Crippen LogP contribution in [0.25, 0.3) is 0 Å². The van der Waals surface area contributed by atoms with Gasteiger partial charge in [0.2, 0.25) is 0 Å². The predicted octanol–water partition coefficient (Wildman–Crippen LogP) is 3.63. The van der Waals surface area contributed by atoms with Crippen LogP contribution in [0, 0.1) is 0 Å².